The molecule has 2 aromatic rings. The van der Waals surface area contributed by atoms with Gasteiger partial charge >= 0.3 is 0 Å². The molecule has 1 aromatic carbocycles. The molecule has 0 fully saturated rings. The minimum absolute atomic E-state index is 0.0218. The number of primary amides is 1. The summed E-state index contributed by atoms with van der Waals surface area (Å²) in [6.07, 6.45) is 0.857. The van der Waals surface area contributed by atoms with Crippen molar-refractivity contribution in [3.05, 3.63) is 40.4 Å². The molecule has 0 saturated heterocycles. The van der Waals surface area contributed by atoms with Crippen molar-refractivity contribution in [3.8, 4) is 11.4 Å². The van der Waals surface area contributed by atoms with E-state index >= 15 is 0 Å². The van der Waals surface area contributed by atoms with Crippen LogP contribution in [0.2, 0.25) is 5.02 Å². The fourth-order valence-corrected chi connectivity index (χ4v) is 3.79. The van der Waals surface area contributed by atoms with Crippen LogP contribution in [-0.2, 0) is 17.9 Å². The standard InChI is InChI=1S/C21H27ClFN5O2/c1-21(2,3)17(18(24)29)26-20(30)16-15-11-27(4)8-5-9-28(15)19(25-16)12-6-7-13(22)14(23)10-12/h6-7,10,17H,5,8-9,11H2,1-4H3,(H2,24,29)(H,26,30). The lowest BCUT2D eigenvalue weighted by Gasteiger charge is -2.28. The molecule has 1 aromatic heterocycles. The molecule has 0 aliphatic carbocycles. The molecule has 0 saturated carbocycles. The SMILES string of the molecule is CN1CCCn2c(-c3ccc(Cl)c(F)c3)nc(C(=O)NC(C(N)=O)C(C)(C)C)c2C1. The Bertz CT molecular complexity index is 983. The number of aromatic nitrogens is 2. The summed E-state index contributed by atoms with van der Waals surface area (Å²) in [7, 11) is 1.97. The summed E-state index contributed by atoms with van der Waals surface area (Å²) in [5.74, 6) is -1.15. The topological polar surface area (TPSA) is 93.2 Å². The van der Waals surface area contributed by atoms with Crippen LogP contribution >= 0.6 is 11.6 Å². The second-order valence-corrected chi connectivity index (χ2v) is 9.18. The van der Waals surface area contributed by atoms with E-state index in [4.69, 9.17) is 17.3 Å². The lowest BCUT2D eigenvalue weighted by Crippen LogP contribution is -2.52. The quantitative estimate of drug-likeness (QED) is 0.772. The van der Waals surface area contributed by atoms with Gasteiger partial charge in [-0.1, -0.05) is 32.4 Å². The number of carbonyl (C=O) groups excluding carboxylic acids is 2. The first-order valence-electron chi connectivity index (χ1n) is 9.82. The molecular formula is C21H27ClFN5O2. The Hall–Kier alpha value is -2.45. The molecule has 3 rings (SSSR count). The Labute approximate surface area is 180 Å². The first-order valence-corrected chi connectivity index (χ1v) is 10.2. The summed E-state index contributed by atoms with van der Waals surface area (Å²) in [6, 6.07) is 3.61. The fourth-order valence-electron chi connectivity index (χ4n) is 3.67. The van der Waals surface area contributed by atoms with E-state index in [-0.39, 0.29) is 10.7 Å². The van der Waals surface area contributed by atoms with Crippen LogP contribution in [0.3, 0.4) is 0 Å². The maximum absolute atomic E-state index is 14.1. The van der Waals surface area contributed by atoms with Crippen LogP contribution in [-0.4, -0.2) is 45.9 Å². The molecule has 0 bridgehead atoms. The van der Waals surface area contributed by atoms with Gasteiger partial charge in [0.25, 0.3) is 5.91 Å². The lowest BCUT2D eigenvalue weighted by atomic mass is 9.86. The number of fused-ring (bicyclic) bond motifs is 1. The normalized spacial score (nSPS) is 15.9. The largest absolute Gasteiger partial charge is 0.368 e. The Morgan fingerprint density at radius 2 is 2.00 bits per heavy atom. The van der Waals surface area contributed by atoms with E-state index in [0.717, 1.165) is 18.7 Å². The number of rotatable bonds is 4. The van der Waals surface area contributed by atoms with Crippen molar-refractivity contribution in [2.24, 2.45) is 11.1 Å². The highest BCUT2D eigenvalue weighted by Crippen LogP contribution is 2.29. The number of benzene rings is 1. The molecule has 2 amide bonds. The van der Waals surface area contributed by atoms with Crippen molar-refractivity contribution < 1.29 is 14.0 Å². The van der Waals surface area contributed by atoms with E-state index < -0.39 is 29.1 Å². The molecule has 2 heterocycles. The minimum Gasteiger partial charge on any atom is -0.368 e. The van der Waals surface area contributed by atoms with Crippen LogP contribution in [0.5, 0.6) is 0 Å². The van der Waals surface area contributed by atoms with Gasteiger partial charge in [-0.2, -0.15) is 0 Å². The van der Waals surface area contributed by atoms with Crippen molar-refractivity contribution >= 4 is 23.4 Å². The predicted molar refractivity (Wildman–Crippen MR) is 113 cm³/mol. The van der Waals surface area contributed by atoms with Crippen molar-refractivity contribution in [1.29, 1.82) is 0 Å². The average molecular weight is 436 g/mol. The van der Waals surface area contributed by atoms with Crippen molar-refractivity contribution in [2.75, 3.05) is 13.6 Å². The third-order valence-corrected chi connectivity index (χ3v) is 5.54. The number of halogens is 2. The highest BCUT2D eigenvalue weighted by Gasteiger charge is 2.34. The first kappa shape index (κ1) is 22.2. The summed E-state index contributed by atoms with van der Waals surface area (Å²) >= 11 is 5.83. The molecule has 7 nitrogen and oxygen atoms in total. The molecule has 1 aliphatic rings. The van der Waals surface area contributed by atoms with Crippen molar-refractivity contribution in [3.63, 3.8) is 0 Å². The van der Waals surface area contributed by atoms with E-state index in [9.17, 15) is 14.0 Å². The summed E-state index contributed by atoms with van der Waals surface area (Å²) in [5.41, 5.74) is 6.42. The van der Waals surface area contributed by atoms with Crippen LogP contribution in [0.25, 0.3) is 11.4 Å². The number of hydrogen-bond donors (Lipinski definition) is 2. The molecule has 3 N–H and O–H groups in total. The predicted octanol–water partition coefficient (Wildman–Crippen LogP) is 2.81. The average Bonchev–Trinajstić information content (AvgIpc) is 2.87. The van der Waals surface area contributed by atoms with Gasteiger partial charge in [-0.15, -0.1) is 0 Å². The number of imidazole rings is 1. The summed E-state index contributed by atoms with van der Waals surface area (Å²) in [4.78, 5) is 31.7. The van der Waals surface area contributed by atoms with E-state index in [1.807, 2.05) is 32.4 Å². The number of amides is 2. The Morgan fingerprint density at radius 3 is 2.60 bits per heavy atom. The monoisotopic (exact) mass is 435 g/mol. The van der Waals surface area contributed by atoms with E-state index in [2.05, 4.69) is 15.2 Å². The second-order valence-electron chi connectivity index (χ2n) is 8.78. The zero-order valence-electron chi connectivity index (χ0n) is 17.6. The van der Waals surface area contributed by atoms with Gasteiger partial charge in [-0.25, -0.2) is 9.37 Å². The van der Waals surface area contributed by atoms with Crippen LogP contribution in [0.4, 0.5) is 4.39 Å². The highest BCUT2D eigenvalue weighted by molar-refractivity contribution is 6.30. The molecule has 1 atom stereocenters. The molecule has 1 unspecified atom stereocenters. The summed E-state index contributed by atoms with van der Waals surface area (Å²) in [6.45, 7) is 7.47. The van der Waals surface area contributed by atoms with Crippen molar-refractivity contribution in [2.45, 2.75) is 46.3 Å². The maximum atomic E-state index is 14.1. The van der Waals surface area contributed by atoms with Gasteiger partial charge in [-0.05, 0) is 43.6 Å². The molecule has 9 heteroatoms. The van der Waals surface area contributed by atoms with E-state index in [1.54, 1.807) is 6.07 Å². The number of nitrogens with two attached hydrogens (primary N) is 1. The number of nitrogens with zero attached hydrogens (tertiary/aromatic N) is 3. The van der Waals surface area contributed by atoms with Gasteiger partial charge in [0, 0.05) is 18.7 Å². The minimum atomic E-state index is -0.859. The zero-order chi connectivity index (χ0) is 22.2. The summed E-state index contributed by atoms with van der Waals surface area (Å²) < 4.78 is 16.0. The van der Waals surface area contributed by atoms with Gasteiger partial charge in [0.15, 0.2) is 5.69 Å². The van der Waals surface area contributed by atoms with Crippen molar-refractivity contribution in [1.82, 2.24) is 19.8 Å². The number of carbonyl (C=O) groups is 2. The molecule has 0 spiro atoms. The third-order valence-electron chi connectivity index (χ3n) is 5.23. The van der Waals surface area contributed by atoms with Crippen LogP contribution in [0, 0.1) is 11.2 Å². The lowest BCUT2D eigenvalue weighted by molar-refractivity contribution is -0.122. The van der Waals surface area contributed by atoms with Gasteiger partial charge in [0.2, 0.25) is 5.91 Å². The van der Waals surface area contributed by atoms with Crippen LogP contribution in [0.1, 0.15) is 43.4 Å². The Morgan fingerprint density at radius 1 is 1.30 bits per heavy atom. The van der Waals surface area contributed by atoms with E-state index in [0.29, 0.717) is 24.5 Å². The molecule has 0 radical (unpaired) electrons. The molecule has 162 valence electrons. The third kappa shape index (κ3) is 4.49. The molecule has 30 heavy (non-hydrogen) atoms. The summed E-state index contributed by atoms with van der Waals surface area (Å²) in [5, 5.41) is 2.76. The fraction of sp³-hybridized carbons (Fsp3) is 0.476. The zero-order valence-corrected chi connectivity index (χ0v) is 18.4. The number of hydrogen-bond acceptors (Lipinski definition) is 4. The Kier molecular flexibility index (Phi) is 6.19. The highest BCUT2D eigenvalue weighted by atomic mass is 35.5. The smallest absolute Gasteiger partial charge is 0.272 e. The van der Waals surface area contributed by atoms with Gasteiger partial charge in [0.1, 0.15) is 17.7 Å². The van der Waals surface area contributed by atoms with Gasteiger partial charge < -0.3 is 20.5 Å². The van der Waals surface area contributed by atoms with Gasteiger partial charge in [-0.3, -0.25) is 9.59 Å². The van der Waals surface area contributed by atoms with Crippen LogP contribution < -0.4 is 11.1 Å². The van der Waals surface area contributed by atoms with Gasteiger partial charge in [0.05, 0.1) is 10.7 Å². The van der Waals surface area contributed by atoms with E-state index in [1.165, 1.54) is 12.1 Å². The second kappa shape index (κ2) is 8.35. The maximum Gasteiger partial charge on any atom is 0.272 e. The molecular weight excluding hydrogens is 409 g/mol. The first-order chi connectivity index (χ1) is 14.0. The van der Waals surface area contributed by atoms with Crippen LogP contribution in [0.15, 0.2) is 18.2 Å². The number of nitrogens with one attached hydrogen (secondary N) is 1. The molecule has 1 aliphatic heterocycles. The Balaban J connectivity index is 2.08.